The van der Waals surface area contributed by atoms with Gasteiger partial charge in [0.2, 0.25) is 0 Å². The second-order valence-electron chi connectivity index (χ2n) is 4.33. The molecule has 2 aromatic rings. The molecule has 0 atom stereocenters. The van der Waals surface area contributed by atoms with Crippen LogP contribution in [0, 0.1) is 11.3 Å². The molecule has 0 radical (unpaired) electrons. The van der Waals surface area contributed by atoms with Crippen molar-refractivity contribution in [2.45, 2.75) is 6.42 Å². The zero-order valence-corrected chi connectivity index (χ0v) is 12.4. The summed E-state index contributed by atoms with van der Waals surface area (Å²) in [6.07, 6.45) is 0.982. The lowest BCUT2D eigenvalue weighted by Gasteiger charge is -2.01. The van der Waals surface area contributed by atoms with Crippen molar-refractivity contribution in [3.8, 4) is 17.4 Å². The Morgan fingerprint density at radius 1 is 1.39 bits per heavy atom. The number of rotatable bonds is 5. The highest BCUT2D eigenvalue weighted by molar-refractivity contribution is 6.33. The molecule has 0 saturated carbocycles. The molecule has 0 spiro atoms. The number of carbonyl (C=O) groups excluding carboxylic acids is 1. The minimum absolute atomic E-state index is 0.0282. The van der Waals surface area contributed by atoms with Crippen molar-refractivity contribution in [3.63, 3.8) is 0 Å². The Hall–Kier alpha value is -3.11. The third kappa shape index (κ3) is 4.18. The summed E-state index contributed by atoms with van der Waals surface area (Å²) >= 11 is 5.81. The first-order chi connectivity index (χ1) is 11.0. The molecule has 2 N–H and O–H groups in total. The Balaban J connectivity index is 2.15. The lowest BCUT2D eigenvalue weighted by molar-refractivity contribution is -0.120. The van der Waals surface area contributed by atoms with E-state index < -0.39 is 11.9 Å². The van der Waals surface area contributed by atoms with Crippen LogP contribution in [0.4, 0.5) is 0 Å². The number of halogens is 1. The number of carbonyl (C=O) groups is 2. The molecular formula is C15H10ClN3O4. The third-order valence-corrected chi connectivity index (χ3v) is 3.06. The number of benzene rings is 1. The maximum atomic E-state index is 11.1. The van der Waals surface area contributed by atoms with Crippen LogP contribution in [0.5, 0.6) is 0 Å². The first-order valence-corrected chi connectivity index (χ1v) is 6.71. The second-order valence-corrected chi connectivity index (χ2v) is 4.74. The van der Waals surface area contributed by atoms with Crippen LogP contribution in [0.1, 0.15) is 22.5 Å². The number of hydrazone groups is 1. The molecule has 0 aliphatic carbocycles. The quantitative estimate of drug-likeness (QED) is 0.645. The van der Waals surface area contributed by atoms with Gasteiger partial charge < -0.3 is 9.52 Å². The van der Waals surface area contributed by atoms with Crippen LogP contribution in [-0.2, 0) is 4.79 Å². The van der Waals surface area contributed by atoms with E-state index in [0.29, 0.717) is 17.1 Å². The Labute approximate surface area is 135 Å². The molecule has 0 unspecified atom stereocenters. The number of nitrogens with zero attached hydrogens (tertiary/aromatic N) is 2. The monoisotopic (exact) mass is 331 g/mol. The highest BCUT2D eigenvalue weighted by Crippen LogP contribution is 2.26. The Morgan fingerprint density at radius 2 is 2.17 bits per heavy atom. The number of furan rings is 1. The van der Waals surface area contributed by atoms with E-state index in [2.05, 4.69) is 10.5 Å². The van der Waals surface area contributed by atoms with E-state index in [-0.39, 0.29) is 17.0 Å². The Bertz CT molecular complexity index is 820. The van der Waals surface area contributed by atoms with Crippen molar-refractivity contribution in [3.05, 3.63) is 46.7 Å². The van der Waals surface area contributed by atoms with Gasteiger partial charge in [-0.05, 0) is 30.3 Å². The number of nitriles is 1. The van der Waals surface area contributed by atoms with Crippen LogP contribution in [0.25, 0.3) is 11.3 Å². The van der Waals surface area contributed by atoms with Gasteiger partial charge in [0, 0.05) is 5.56 Å². The summed E-state index contributed by atoms with van der Waals surface area (Å²) in [6.45, 7) is 0. The molecule has 0 aliphatic heterocycles. The fraction of sp³-hybridized carbons (Fsp3) is 0.0667. The maximum absolute atomic E-state index is 11.1. The number of nitrogens with one attached hydrogen (secondary N) is 1. The molecule has 1 heterocycles. The molecule has 0 aliphatic rings. The molecule has 0 fully saturated rings. The fourth-order valence-corrected chi connectivity index (χ4v) is 1.90. The largest absolute Gasteiger partial charge is 0.478 e. The number of carboxylic acid groups (broad SMARTS) is 1. The normalized spacial score (nSPS) is 10.4. The molecule has 0 bridgehead atoms. The number of hydrogen-bond acceptors (Lipinski definition) is 5. The summed E-state index contributed by atoms with van der Waals surface area (Å²) in [5, 5.41) is 21.2. The van der Waals surface area contributed by atoms with Crippen LogP contribution in [0.15, 0.2) is 39.9 Å². The van der Waals surface area contributed by atoms with Gasteiger partial charge >= 0.3 is 5.97 Å². The first kappa shape index (κ1) is 16.3. The van der Waals surface area contributed by atoms with Gasteiger partial charge in [0.15, 0.2) is 0 Å². The molecule has 8 heteroatoms. The molecule has 0 saturated heterocycles. The minimum atomic E-state index is -1.13. The maximum Gasteiger partial charge on any atom is 0.337 e. The van der Waals surface area contributed by atoms with Gasteiger partial charge in [-0.25, -0.2) is 10.2 Å². The van der Waals surface area contributed by atoms with Crippen LogP contribution >= 0.6 is 11.6 Å². The highest BCUT2D eigenvalue weighted by Gasteiger charge is 2.12. The average molecular weight is 332 g/mol. The smallest absolute Gasteiger partial charge is 0.337 e. The molecule has 1 amide bonds. The summed E-state index contributed by atoms with van der Waals surface area (Å²) in [5.74, 6) is -0.886. The zero-order valence-electron chi connectivity index (χ0n) is 11.6. The molecule has 116 valence electrons. The summed E-state index contributed by atoms with van der Waals surface area (Å²) < 4.78 is 5.48. The molecule has 2 rings (SSSR count). The average Bonchev–Trinajstić information content (AvgIpc) is 2.96. The summed E-state index contributed by atoms with van der Waals surface area (Å²) in [5.41, 5.74) is 2.68. The lowest BCUT2D eigenvalue weighted by atomic mass is 10.1. The zero-order chi connectivity index (χ0) is 16.8. The van der Waals surface area contributed by atoms with E-state index in [1.807, 2.05) is 0 Å². The molecule has 7 nitrogen and oxygen atoms in total. The van der Waals surface area contributed by atoms with Crippen molar-refractivity contribution in [2.24, 2.45) is 5.10 Å². The molecule has 1 aromatic heterocycles. The van der Waals surface area contributed by atoms with Crippen LogP contribution in [-0.4, -0.2) is 23.2 Å². The fourth-order valence-electron chi connectivity index (χ4n) is 1.70. The predicted octanol–water partition coefficient (Wildman–Crippen LogP) is 2.66. The summed E-state index contributed by atoms with van der Waals surface area (Å²) in [7, 11) is 0. The lowest BCUT2D eigenvalue weighted by Crippen LogP contribution is -2.15. The van der Waals surface area contributed by atoms with E-state index in [4.69, 9.17) is 26.4 Å². The standard InChI is InChI=1S/C15H10ClN3O4/c16-12-3-1-9(7-11(12)15(21)22)13-4-2-10(23-13)8-18-19-14(20)5-6-17/h1-4,7-8H,5H2,(H,19,20)(H,21,22)/b18-8-. The van der Waals surface area contributed by atoms with Gasteiger partial charge in [-0.2, -0.15) is 10.4 Å². The van der Waals surface area contributed by atoms with Gasteiger partial charge in [0.1, 0.15) is 17.9 Å². The van der Waals surface area contributed by atoms with E-state index in [1.165, 1.54) is 18.3 Å². The Morgan fingerprint density at radius 3 is 2.87 bits per heavy atom. The van der Waals surface area contributed by atoms with E-state index >= 15 is 0 Å². The predicted molar refractivity (Wildman–Crippen MR) is 82.1 cm³/mol. The van der Waals surface area contributed by atoms with E-state index in [9.17, 15) is 9.59 Å². The van der Waals surface area contributed by atoms with Crippen molar-refractivity contribution < 1.29 is 19.1 Å². The molecule has 1 aromatic carbocycles. The van der Waals surface area contributed by atoms with Crippen LogP contribution in [0.3, 0.4) is 0 Å². The van der Waals surface area contributed by atoms with Gasteiger partial charge in [0.25, 0.3) is 5.91 Å². The van der Waals surface area contributed by atoms with Gasteiger partial charge in [-0.15, -0.1) is 0 Å². The van der Waals surface area contributed by atoms with Crippen molar-refractivity contribution in [2.75, 3.05) is 0 Å². The van der Waals surface area contributed by atoms with Crippen molar-refractivity contribution >= 4 is 29.7 Å². The molecular weight excluding hydrogens is 322 g/mol. The van der Waals surface area contributed by atoms with E-state index in [1.54, 1.807) is 24.3 Å². The van der Waals surface area contributed by atoms with Crippen molar-refractivity contribution in [1.29, 1.82) is 5.26 Å². The van der Waals surface area contributed by atoms with Crippen molar-refractivity contribution in [1.82, 2.24) is 5.43 Å². The van der Waals surface area contributed by atoms with E-state index in [0.717, 1.165) is 0 Å². The third-order valence-electron chi connectivity index (χ3n) is 2.73. The Kier molecular flexibility index (Phi) is 5.12. The number of carboxylic acids is 1. The van der Waals surface area contributed by atoms with Crippen LogP contribution in [0.2, 0.25) is 5.02 Å². The topological polar surface area (TPSA) is 116 Å². The van der Waals surface area contributed by atoms with Crippen LogP contribution < -0.4 is 5.43 Å². The second kappa shape index (κ2) is 7.24. The van der Waals surface area contributed by atoms with Gasteiger partial charge in [-0.3, -0.25) is 4.79 Å². The minimum Gasteiger partial charge on any atom is -0.478 e. The number of amides is 1. The summed E-state index contributed by atoms with van der Waals surface area (Å²) in [6, 6.07) is 9.43. The highest BCUT2D eigenvalue weighted by atomic mass is 35.5. The SMILES string of the molecule is N#CCC(=O)N/N=C\c1ccc(-c2ccc(Cl)c(C(=O)O)c2)o1. The molecule has 23 heavy (non-hydrogen) atoms. The first-order valence-electron chi connectivity index (χ1n) is 6.33. The number of hydrogen-bond donors (Lipinski definition) is 2. The van der Waals surface area contributed by atoms with Gasteiger partial charge in [-0.1, -0.05) is 11.6 Å². The van der Waals surface area contributed by atoms with Gasteiger partial charge in [0.05, 0.1) is 22.9 Å². The number of aromatic carboxylic acids is 1. The summed E-state index contributed by atoms with van der Waals surface area (Å²) in [4.78, 5) is 22.1.